The van der Waals surface area contributed by atoms with Crippen LogP contribution in [0.1, 0.15) is 37.3 Å². The third-order valence-electron chi connectivity index (χ3n) is 3.96. The molecule has 1 aromatic carbocycles. The molecule has 1 aliphatic carbocycles. The number of nitrogens with zero attached hydrogens (tertiary/aromatic N) is 4. The second-order valence-electron chi connectivity index (χ2n) is 5.49. The van der Waals surface area contributed by atoms with Crippen molar-refractivity contribution in [1.29, 1.82) is 0 Å². The maximum Gasteiger partial charge on any atom is 0.245 e. The van der Waals surface area contributed by atoms with Gasteiger partial charge in [0, 0.05) is 12.5 Å². The van der Waals surface area contributed by atoms with Gasteiger partial charge in [-0.05, 0) is 28.8 Å². The molecule has 0 radical (unpaired) electrons. The first kappa shape index (κ1) is 13.7. The topological polar surface area (TPSA) is 72.7 Å². The fourth-order valence-electron chi connectivity index (χ4n) is 2.82. The van der Waals surface area contributed by atoms with E-state index in [1.165, 1.54) is 23.9 Å². The molecule has 0 spiro atoms. The normalized spacial score (nSPS) is 16.8. The average molecular weight is 285 g/mol. The van der Waals surface area contributed by atoms with Crippen molar-refractivity contribution in [3.8, 4) is 0 Å². The zero-order valence-corrected chi connectivity index (χ0v) is 11.9. The van der Waals surface area contributed by atoms with Crippen molar-refractivity contribution < 1.29 is 4.79 Å². The van der Waals surface area contributed by atoms with Gasteiger partial charge >= 0.3 is 0 Å². The van der Waals surface area contributed by atoms with Crippen molar-refractivity contribution in [1.82, 2.24) is 25.5 Å². The Kier molecular flexibility index (Phi) is 4.23. The van der Waals surface area contributed by atoms with Crippen molar-refractivity contribution >= 4 is 5.91 Å². The van der Waals surface area contributed by atoms with Crippen LogP contribution < -0.4 is 5.32 Å². The lowest BCUT2D eigenvalue weighted by Crippen LogP contribution is -2.39. The monoisotopic (exact) mass is 285 g/mol. The molecular formula is C15H19N5O. The Labute approximate surface area is 123 Å². The summed E-state index contributed by atoms with van der Waals surface area (Å²) in [6.07, 6.45) is 6.61. The van der Waals surface area contributed by atoms with Gasteiger partial charge in [-0.25, -0.2) is 4.68 Å². The maximum absolute atomic E-state index is 12.6. The SMILES string of the molecule is O=C(NC1CCCC1)C(Cc1ccccc1)n1cnnn1. The highest BCUT2D eigenvalue weighted by Gasteiger charge is 2.25. The van der Waals surface area contributed by atoms with Crippen LogP contribution in [0.2, 0.25) is 0 Å². The van der Waals surface area contributed by atoms with E-state index < -0.39 is 6.04 Å². The molecule has 2 aromatic rings. The number of amides is 1. The van der Waals surface area contributed by atoms with Gasteiger partial charge in [-0.15, -0.1) is 5.10 Å². The molecule has 0 aliphatic heterocycles. The Morgan fingerprint density at radius 1 is 1.29 bits per heavy atom. The minimum Gasteiger partial charge on any atom is -0.352 e. The van der Waals surface area contributed by atoms with Gasteiger partial charge in [-0.3, -0.25) is 4.79 Å². The van der Waals surface area contributed by atoms with E-state index in [-0.39, 0.29) is 5.91 Å². The number of tetrazole rings is 1. The number of nitrogens with one attached hydrogen (secondary N) is 1. The van der Waals surface area contributed by atoms with E-state index in [0.717, 1.165) is 18.4 Å². The van der Waals surface area contributed by atoms with Gasteiger partial charge in [0.05, 0.1) is 0 Å². The number of rotatable bonds is 5. The Bertz CT molecular complexity index is 563. The standard InChI is InChI=1S/C15H19N5O/c21-15(17-13-8-4-5-9-13)14(20-11-16-18-19-20)10-12-6-2-1-3-7-12/h1-3,6-7,11,13-14H,4-5,8-10H2,(H,17,21). The minimum absolute atomic E-state index is 0.00180. The fraction of sp³-hybridized carbons (Fsp3) is 0.467. The molecule has 110 valence electrons. The molecule has 1 heterocycles. The summed E-state index contributed by atoms with van der Waals surface area (Å²) < 4.78 is 1.54. The van der Waals surface area contributed by atoms with Crippen LogP contribution in [-0.2, 0) is 11.2 Å². The minimum atomic E-state index is -0.400. The second kappa shape index (κ2) is 6.47. The van der Waals surface area contributed by atoms with Gasteiger partial charge in [0.15, 0.2) is 0 Å². The summed E-state index contributed by atoms with van der Waals surface area (Å²) in [6, 6.07) is 9.84. The summed E-state index contributed by atoms with van der Waals surface area (Å²) in [5.41, 5.74) is 1.10. The van der Waals surface area contributed by atoms with E-state index in [9.17, 15) is 4.79 Å². The number of aromatic nitrogens is 4. The third-order valence-corrected chi connectivity index (χ3v) is 3.96. The first-order valence-corrected chi connectivity index (χ1v) is 7.40. The van der Waals surface area contributed by atoms with Gasteiger partial charge in [0.25, 0.3) is 0 Å². The lowest BCUT2D eigenvalue weighted by atomic mass is 10.0. The summed E-state index contributed by atoms with van der Waals surface area (Å²) in [5.74, 6) is -0.00180. The number of carbonyl (C=O) groups excluding carboxylic acids is 1. The molecule has 1 atom stereocenters. The molecule has 1 amide bonds. The summed E-state index contributed by atoms with van der Waals surface area (Å²) in [7, 11) is 0. The molecule has 1 unspecified atom stereocenters. The Morgan fingerprint density at radius 2 is 2.05 bits per heavy atom. The molecule has 0 saturated heterocycles. The van der Waals surface area contributed by atoms with Crippen LogP contribution in [0.15, 0.2) is 36.7 Å². The van der Waals surface area contributed by atoms with E-state index in [1.807, 2.05) is 30.3 Å². The highest BCUT2D eigenvalue weighted by atomic mass is 16.2. The van der Waals surface area contributed by atoms with E-state index >= 15 is 0 Å². The molecule has 0 bridgehead atoms. The van der Waals surface area contributed by atoms with Crippen LogP contribution in [0.25, 0.3) is 0 Å². The smallest absolute Gasteiger partial charge is 0.245 e. The Hall–Kier alpha value is -2.24. The van der Waals surface area contributed by atoms with E-state index in [4.69, 9.17) is 0 Å². The molecule has 6 nitrogen and oxygen atoms in total. The molecule has 21 heavy (non-hydrogen) atoms. The van der Waals surface area contributed by atoms with Gasteiger partial charge in [-0.2, -0.15) is 0 Å². The van der Waals surface area contributed by atoms with Crippen LogP contribution in [0.3, 0.4) is 0 Å². The number of benzene rings is 1. The summed E-state index contributed by atoms with van der Waals surface area (Å²) in [4.78, 5) is 12.6. The van der Waals surface area contributed by atoms with Crippen LogP contribution in [0.5, 0.6) is 0 Å². The lowest BCUT2D eigenvalue weighted by Gasteiger charge is -2.19. The third kappa shape index (κ3) is 3.45. The Morgan fingerprint density at radius 3 is 2.71 bits per heavy atom. The van der Waals surface area contributed by atoms with Crippen molar-refractivity contribution in [3.05, 3.63) is 42.2 Å². The van der Waals surface area contributed by atoms with Crippen LogP contribution >= 0.6 is 0 Å². The van der Waals surface area contributed by atoms with Crippen molar-refractivity contribution in [2.45, 2.75) is 44.2 Å². The molecule has 1 aliphatic rings. The van der Waals surface area contributed by atoms with Gasteiger partial charge in [0.2, 0.25) is 5.91 Å². The molecule has 1 saturated carbocycles. The highest BCUT2D eigenvalue weighted by molar-refractivity contribution is 5.80. The predicted octanol–water partition coefficient (Wildman–Crippen LogP) is 1.52. The lowest BCUT2D eigenvalue weighted by molar-refractivity contribution is -0.125. The molecule has 1 fully saturated rings. The zero-order chi connectivity index (χ0) is 14.5. The summed E-state index contributed by atoms with van der Waals surface area (Å²) in [6.45, 7) is 0. The number of hydrogen-bond donors (Lipinski definition) is 1. The predicted molar refractivity (Wildman–Crippen MR) is 77.4 cm³/mol. The van der Waals surface area contributed by atoms with Crippen molar-refractivity contribution in [3.63, 3.8) is 0 Å². The van der Waals surface area contributed by atoms with Crippen LogP contribution in [0, 0.1) is 0 Å². The van der Waals surface area contributed by atoms with Gasteiger partial charge in [-0.1, -0.05) is 43.2 Å². The average Bonchev–Trinajstić information content (AvgIpc) is 3.19. The first-order valence-electron chi connectivity index (χ1n) is 7.40. The second-order valence-corrected chi connectivity index (χ2v) is 5.49. The van der Waals surface area contributed by atoms with E-state index in [1.54, 1.807) is 0 Å². The molecule has 6 heteroatoms. The van der Waals surface area contributed by atoms with Crippen molar-refractivity contribution in [2.24, 2.45) is 0 Å². The van der Waals surface area contributed by atoms with E-state index in [2.05, 4.69) is 20.8 Å². The van der Waals surface area contributed by atoms with E-state index in [0.29, 0.717) is 12.5 Å². The number of carbonyl (C=O) groups is 1. The quantitative estimate of drug-likeness (QED) is 0.904. The van der Waals surface area contributed by atoms with Crippen molar-refractivity contribution in [2.75, 3.05) is 0 Å². The zero-order valence-electron chi connectivity index (χ0n) is 11.9. The molecular weight excluding hydrogens is 266 g/mol. The number of hydrogen-bond acceptors (Lipinski definition) is 4. The molecule has 3 rings (SSSR count). The first-order chi connectivity index (χ1) is 10.3. The van der Waals surface area contributed by atoms with Gasteiger partial charge in [0.1, 0.15) is 12.4 Å². The largest absolute Gasteiger partial charge is 0.352 e. The maximum atomic E-state index is 12.6. The van der Waals surface area contributed by atoms with Gasteiger partial charge < -0.3 is 5.32 Å². The van der Waals surface area contributed by atoms with Crippen LogP contribution in [-0.4, -0.2) is 32.2 Å². The summed E-state index contributed by atoms with van der Waals surface area (Å²) in [5, 5.41) is 14.3. The fourth-order valence-corrected chi connectivity index (χ4v) is 2.82. The molecule has 1 aromatic heterocycles. The molecule has 1 N–H and O–H groups in total. The van der Waals surface area contributed by atoms with Crippen LogP contribution in [0.4, 0.5) is 0 Å². The Balaban J connectivity index is 1.74. The summed E-state index contributed by atoms with van der Waals surface area (Å²) >= 11 is 0. The highest BCUT2D eigenvalue weighted by Crippen LogP contribution is 2.20.